The van der Waals surface area contributed by atoms with E-state index < -0.39 is 18.0 Å². The van der Waals surface area contributed by atoms with Gasteiger partial charge < -0.3 is 20.1 Å². The van der Waals surface area contributed by atoms with Crippen LogP contribution in [0.4, 0.5) is 5.69 Å². The van der Waals surface area contributed by atoms with E-state index >= 15 is 0 Å². The quantitative estimate of drug-likeness (QED) is 0.766. The first-order valence-electron chi connectivity index (χ1n) is 8.17. The van der Waals surface area contributed by atoms with Crippen molar-refractivity contribution in [1.29, 1.82) is 0 Å². The summed E-state index contributed by atoms with van der Waals surface area (Å²) >= 11 is 5.95. The number of carbonyl (C=O) groups excluding carboxylic acids is 3. The van der Waals surface area contributed by atoms with Crippen LogP contribution in [0.2, 0.25) is 5.02 Å². The number of methoxy groups -OCH3 is 1. The molecule has 1 aliphatic heterocycles. The molecule has 1 atom stereocenters. The van der Waals surface area contributed by atoms with Crippen molar-refractivity contribution in [2.75, 3.05) is 19.0 Å². The van der Waals surface area contributed by atoms with Crippen molar-refractivity contribution >= 4 is 35.1 Å². The number of anilines is 1. The van der Waals surface area contributed by atoms with Crippen molar-refractivity contribution in [2.45, 2.75) is 12.5 Å². The summed E-state index contributed by atoms with van der Waals surface area (Å²) in [5, 5.41) is 5.79. The Bertz CT molecular complexity index is 882. The average Bonchev–Trinajstić information content (AvgIpc) is 3.09. The molecule has 0 saturated carbocycles. The molecule has 0 fully saturated rings. The number of carbonyl (C=O) groups is 3. The van der Waals surface area contributed by atoms with Gasteiger partial charge in [-0.15, -0.1) is 0 Å². The fourth-order valence-corrected chi connectivity index (χ4v) is 2.81. The predicted octanol–water partition coefficient (Wildman–Crippen LogP) is 2.18. The molecule has 3 rings (SSSR count). The van der Waals surface area contributed by atoms with E-state index in [0.29, 0.717) is 28.4 Å². The molecule has 140 valence electrons. The second-order valence-corrected chi connectivity index (χ2v) is 6.32. The number of amides is 2. The van der Waals surface area contributed by atoms with Gasteiger partial charge in [0.15, 0.2) is 6.10 Å². The summed E-state index contributed by atoms with van der Waals surface area (Å²) in [5.74, 6) is -0.585. The molecule has 2 N–H and O–H groups in total. The van der Waals surface area contributed by atoms with Crippen molar-refractivity contribution in [2.24, 2.45) is 0 Å². The van der Waals surface area contributed by atoms with Gasteiger partial charge in [0, 0.05) is 22.7 Å². The van der Waals surface area contributed by atoms with E-state index in [9.17, 15) is 14.4 Å². The lowest BCUT2D eigenvalue weighted by atomic mass is 10.1. The second kappa shape index (κ2) is 8.09. The van der Waals surface area contributed by atoms with Crippen molar-refractivity contribution in [3.63, 3.8) is 0 Å². The fraction of sp³-hybridized carbons (Fsp3) is 0.211. The minimum atomic E-state index is -0.638. The summed E-state index contributed by atoms with van der Waals surface area (Å²) in [5.41, 5.74) is 1.78. The van der Waals surface area contributed by atoms with Gasteiger partial charge in [-0.3, -0.25) is 14.4 Å². The predicted molar refractivity (Wildman–Crippen MR) is 99.0 cm³/mol. The highest BCUT2D eigenvalue weighted by Crippen LogP contribution is 2.31. The average molecular weight is 389 g/mol. The molecule has 0 bridgehead atoms. The lowest BCUT2D eigenvalue weighted by molar-refractivity contribution is -0.139. The van der Waals surface area contributed by atoms with Gasteiger partial charge in [-0.25, -0.2) is 0 Å². The molecule has 1 unspecified atom stereocenters. The summed E-state index contributed by atoms with van der Waals surface area (Å²) in [4.78, 5) is 35.4. The molecular weight excluding hydrogens is 372 g/mol. The first-order valence-corrected chi connectivity index (χ1v) is 8.55. The molecule has 2 amide bonds. The molecule has 0 saturated heterocycles. The number of ether oxygens (including phenoxy) is 2. The third-order valence-electron chi connectivity index (χ3n) is 4.03. The summed E-state index contributed by atoms with van der Waals surface area (Å²) in [6, 6.07) is 11.5. The monoisotopic (exact) mass is 388 g/mol. The maximum absolute atomic E-state index is 12.4. The molecule has 27 heavy (non-hydrogen) atoms. The van der Waals surface area contributed by atoms with Gasteiger partial charge in [-0.05, 0) is 48.0 Å². The highest BCUT2D eigenvalue weighted by atomic mass is 35.5. The van der Waals surface area contributed by atoms with Crippen molar-refractivity contribution in [3.05, 3.63) is 58.6 Å². The van der Waals surface area contributed by atoms with Gasteiger partial charge in [-0.1, -0.05) is 11.6 Å². The molecule has 0 radical (unpaired) electrons. The molecule has 2 aromatic rings. The zero-order valence-corrected chi connectivity index (χ0v) is 15.2. The van der Waals surface area contributed by atoms with Crippen molar-refractivity contribution in [3.8, 4) is 5.75 Å². The summed E-state index contributed by atoms with van der Waals surface area (Å²) < 4.78 is 10.1. The Hall–Kier alpha value is -3.06. The van der Waals surface area contributed by atoms with Gasteiger partial charge >= 0.3 is 5.97 Å². The lowest BCUT2D eigenvalue weighted by Crippen LogP contribution is -2.31. The Morgan fingerprint density at radius 2 is 1.93 bits per heavy atom. The number of nitrogens with one attached hydrogen (secondary N) is 2. The topological polar surface area (TPSA) is 93.7 Å². The van der Waals surface area contributed by atoms with Crippen LogP contribution >= 0.6 is 11.6 Å². The van der Waals surface area contributed by atoms with E-state index in [2.05, 4.69) is 15.4 Å². The second-order valence-electron chi connectivity index (χ2n) is 5.89. The largest absolute Gasteiger partial charge is 0.480 e. The molecule has 1 heterocycles. The van der Waals surface area contributed by atoms with Crippen LogP contribution < -0.4 is 15.4 Å². The van der Waals surface area contributed by atoms with Crippen LogP contribution in [0.3, 0.4) is 0 Å². The molecule has 2 aromatic carbocycles. The van der Waals surface area contributed by atoms with Gasteiger partial charge in [0.25, 0.3) is 11.8 Å². The van der Waals surface area contributed by atoms with Crippen LogP contribution in [0.1, 0.15) is 15.9 Å². The first-order chi connectivity index (χ1) is 13.0. The zero-order valence-electron chi connectivity index (χ0n) is 14.5. The van der Waals surface area contributed by atoms with E-state index in [1.54, 1.807) is 42.5 Å². The summed E-state index contributed by atoms with van der Waals surface area (Å²) in [6.45, 7) is -0.211. The minimum absolute atomic E-state index is 0.211. The number of rotatable bonds is 5. The van der Waals surface area contributed by atoms with E-state index in [0.717, 1.165) is 5.56 Å². The maximum atomic E-state index is 12.4. The normalized spacial score (nSPS) is 14.7. The number of halogens is 1. The molecule has 0 aromatic heterocycles. The summed E-state index contributed by atoms with van der Waals surface area (Å²) in [6.07, 6.45) is -0.197. The highest BCUT2D eigenvalue weighted by Gasteiger charge is 2.29. The third-order valence-corrected chi connectivity index (χ3v) is 4.26. The highest BCUT2D eigenvalue weighted by molar-refractivity contribution is 6.30. The maximum Gasteiger partial charge on any atom is 0.325 e. The smallest absolute Gasteiger partial charge is 0.325 e. The number of benzene rings is 2. The van der Waals surface area contributed by atoms with Crippen LogP contribution in [-0.4, -0.2) is 37.5 Å². The number of hydrogen-bond donors (Lipinski definition) is 2. The van der Waals surface area contributed by atoms with Crippen LogP contribution in [-0.2, 0) is 20.7 Å². The van der Waals surface area contributed by atoms with Gasteiger partial charge in [-0.2, -0.15) is 0 Å². The number of esters is 1. The minimum Gasteiger partial charge on any atom is -0.480 e. The van der Waals surface area contributed by atoms with Crippen LogP contribution in [0, 0.1) is 0 Å². The van der Waals surface area contributed by atoms with Crippen molar-refractivity contribution in [1.82, 2.24) is 5.32 Å². The Balaban J connectivity index is 1.56. The van der Waals surface area contributed by atoms with Crippen LogP contribution in [0.5, 0.6) is 5.75 Å². The van der Waals surface area contributed by atoms with E-state index in [1.165, 1.54) is 7.11 Å². The van der Waals surface area contributed by atoms with Gasteiger partial charge in [0.2, 0.25) is 0 Å². The first kappa shape index (κ1) is 18.7. The SMILES string of the molecule is COC(=O)CNC(=O)c1ccc(NC(=O)C2Cc3cc(Cl)ccc3O2)cc1. The Morgan fingerprint density at radius 1 is 1.19 bits per heavy atom. The molecule has 0 aliphatic carbocycles. The standard InChI is InChI=1S/C19H17ClN2O5/c1-26-17(23)10-21-18(24)11-2-5-14(6-3-11)22-19(25)16-9-12-8-13(20)4-7-15(12)27-16/h2-8,16H,9-10H2,1H3,(H,21,24)(H,22,25). The molecule has 7 nitrogen and oxygen atoms in total. The lowest BCUT2D eigenvalue weighted by Gasteiger charge is -2.12. The van der Waals surface area contributed by atoms with Crippen molar-refractivity contribution < 1.29 is 23.9 Å². The van der Waals surface area contributed by atoms with E-state index in [4.69, 9.17) is 16.3 Å². The zero-order chi connectivity index (χ0) is 19.4. The fourth-order valence-electron chi connectivity index (χ4n) is 2.62. The van der Waals surface area contributed by atoms with Gasteiger partial charge in [0.05, 0.1) is 7.11 Å². The van der Waals surface area contributed by atoms with Crippen LogP contribution in [0.25, 0.3) is 0 Å². The van der Waals surface area contributed by atoms with E-state index in [1.807, 2.05) is 0 Å². The van der Waals surface area contributed by atoms with Crippen LogP contribution in [0.15, 0.2) is 42.5 Å². The molecule has 1 aliphatic rings. The van der Waals surface area contributed by atoms with E-state index in [-0.39, 0.29) is 12.5 Å². The third kappa shape index (κ3) is 4.57. The molecular formula is C19H17ClN2O5. The number of hydrogen-bond acceptors (Lipinski definition) is 5. The molecule has 0 spiro atoms. The Morgan fingerprint density at radius 3 is 2.63 bits per heavy atom. The Labute approximate surface area is 160 Å². The van der Waals surface area contributed by atoms with Gasteiger partial charge in [0.1, 0.15) is 12.3 Å². The molecule has 8 heteroatoms. The summed E-state index contributed by atoms with van der Waals surface area (Å²) in [7, 11) is 1.24. The Kier molecular flexibility index (Phi) is 5.61. The number of fused-ring (bicyclic) bond motifs is 1.